The van der Waals surface area contributed by atoms with Crippen LogP contribution in [0.5, 0.6) is 0 Å². The van der Waals surface area contributed by atoms with Crippen LogP contribution >= 0.6 is 0 Å². The number of anilines is 1. The first-order valence-corrected chi connectivity index (χ1v) is 8.27. The average molecular weight is 325 g/mol. The summed E-state index contributed by atoms with van der Waals surface area (Å²) in [7, 11) is 0. The Bertz CT molecular complexity index is 769. The Morgan fingerprint density at radius 2 is 1.67 bits per heavy atom. The smallest absolute Gasteiger partial charge is 0.271 e. The third-order valence-corrected chi connectivity index (χ3v) is 4.87. The van der Waals surface area contributed by atoms with Crippen LogP contribution in [0.3, 0.4) is 0 Å². The Balaban J connectivity index is 1.86. The molecule has 4 rings (SSSR count). The van der Waals surface area contributed by atoms with Gasteiger partial charge in [0.05, 0.1) is 5.69 Å². The molecule has 2 saturated heterocycles. The molecule has 124 valence electrons. The lowest BCUT2D eigenvalue weighted by atomic mass is 10.1. The summed E-state index contributed by atoms with van der Waals surface area (Å²) in [6.45, 7) is 5.61. The normalized spacial score (nSPS) is 20.8. The molecule has 0 bridgehead atoms. The van der Waals surface area contributed by atoms with Crippen molar-refractivity contribution in [3.63, 3.8) is 0 Å². The van der Waals surface area contributed by atoms with E-state index in [2.05, 4.69) is 5.01 Å². The van der Waals surface area contributed by atoms with Crippen molar-refractivity contribution in [2.24, 2.45) is 0 Å². The van der Waals surface area contributed by atoms with E-state index in [1.165, 1.54) is 12.1 Å². The van der Waals surface area contributed by atoms with Gasteiger partial charge in [0.15, 0.2) is 0 Å². The van der Waals surface area contributed by atoms with Crippen molar-refractivity contribution in [2.45, 2.75) is 26.4 Å². The van der Waals surface area contributed by atoms with Gasteiger partial charge in [0, 0.05) is 13.1 Å². The van der Waals surface area contributed by atoms with Gasteiger partial charge >= 0.3 is 6.03 Å². The summed E-state index contributed by atoms with van der Waals surface area (Å²) in [4.78, 5) is 14.9. The Kier molecular flexibility index (Phi) is 3.53. The SMILES string of the molecule is Cc1cccc(C)c1N1C(=O)N2CCCN2C1c1ccc(F)cc1. The molecule has 2 fully saturated rings. The highest BCUT2D eigenvalue weighted by Crippen LogP contribution is 2.42. The zero-order chi connectivity index (χ0) is 16.8. The second kappa shape index (κ2) is 5.60. The van der Waals surface area contributed by atoms with Crippen molar-refractivity contribution in [3.8, 4) is 0 Å². The van der Waals surface area contributed by atoms with Crippen molar-refractivity contribution in [3.05, 3.63) is 65.0 Å². The summed E-state index contributed by atoms with van der Waals surface area (Å²) >= 11 is 0. The maximum absolute atomic E-state index is 13.4. The Labute approximate surface area is 141 Å². The number of benzene rings is 2. The third-order valence-electron chi connectivity index (χ3n) is 4.87. The monoisotopic (exact) mass is 325 g/mol. The molecule has 0 aromatic heterocycles. The highest BCUT2D eigenvalue weighted by molar-refractivity contribution is 5.96. The molecular weight excluding hydrogens is 305 g/mol. The third kappa shape index (κ3) is 2.19. The lowest BCUT2D eigenvalue weighted by Gasteiger charge is -2.29. The molecule has 1 atom stereocenters. The zero-order valence-corrected chi connectivity index (χ0v) is 13.9. The predicted molar refractivity (Wildman–Crippen MR) is 91.0 cm³/mol. The minimum absolute atomic E-state index is 0.000718. The van der Waals surface area contributed by atoms with Crippen LogP contribution in [0.2, 0.25) is 0 Å². The Morgan fingerprint density at radius 3 is 2.33 bits per heavy atom. The fourth-order valence-electron chi connectivity index (χ4n) is 3.81. The van der Waals surface area contributed by atoms with Gasteiger partial charge in [-0.2, -0.15) is 5.01 Å². The molecule has 24 heavy (non-hydrogen) atoms. The minimum Gasteiger partial charge on any atom is -0.271 e. The molecule has 2 heterocycles. The van der Waals surface area contributed by atoms with Crippen molar-refractivity contribution in [1.82, 2.24) is 10.0 Å². The highest BCUT2D eigenvalue weighted by Gasteiger charge is 2.48. The molecule has 1 unspecified atom stereocenters. The summed E-state index contributed by atoms with van der Waals surface area (Å²) < 4.78 is 13.4. The molecule has 2 aliphatic heterocycles. The molecule has 0 spiro atoms. The number of hydrogen-bond donors (Lipinski definition) is 0. The van der Waals surface area contributed by atoms with E-state index in [0.717, 1.165) is 41.9 Å². The van der Waals surface area contributed by atoms with Crippen LogP contribution in [0.1, 0.15) is 29.3 Å². The van der Waals surface area contributed by atoms with E-state index in [9.17, 15) is 9.18 Å². The molecule has 2 aromatic rings. The number of amides is 2. The molecule has 0 saturated carbocycles. The standard InChI is InChI=1S/C19H20FN3O/c1-13-5-3-6-14(2)17(13)23-18(15-7-9-16(20)10-8-15)21-11-4-12-22(21)19(23)24/h3,5-10,18H,4,11-12H2,1-2H3. The van der Waals surface area contributed by atoms with Crippen LogP contribution in [-0.4, -0.2) is 29.1 Å². The van der Waals surface area contributed by atoms with Gasteiger partial charge in [-0.15, -0.1) is 0 Å². The first-order chi connectivity index (χ1) is 11.6. The largest absolute Gasteiger partial charge is 0.340 e. The van der Waals surface area contributed by atoms with Gasteiger partial charge in [0.25, 0.3) is 0 Å². The minimum atomic E-state index is -0.264. The molecule has 0 radical (unpaired) electrons. The lowest BCUT2D eigenvalue weighted by molar-refractivity contribution is 0.0727. The number of hydrazine groups is 1. The molecule has 0 N–H and O–H groups in total. The molecule has 4 nitrogen and oxygen atoms in total. The summed E-state index contributed by atoms with van der Waals surface area (Å²) in [6.07, 6.45) is 0.740. The fraction of sp³-hybridized carbons (Fsp3) is 0.316. The average Bonchev–Trinajstić information content (AvgIpc) is 3.12. The van der Waals surface area contributed by atoms with Gasteiger partial charge in [-0.1, -0.05) is 30.3 Å². The van der Waals surface area contributed by atoms with Crippen LogP contribution in [0.25, 0.3) is 0 Å². The van der Waals surface area contributed by atoms with Gasteiger partial charge < -0.3 is 0 Å². The number of aryl methyl sites for hydroxylation is 2. The molecule has 2 aliphatic rings. The molecule has 5 heteroatoms. The van der Waals surface area contributed by atoms with E-state index in [4.69, 9.17) is 0 Å². The Morgan fingerprint density at radius 1 is 1.00 bits per heavy atom. The summed E-state index contributed by atoms with van der Waals surface area (Å²) in [6, 6.07) is 12.5. The van der Waals surface area contributed by atoms with Crippen molar-refractivity contribution in [2.75, 3.05) is 18.0 Å². The maximum atomic E-state index is 13.4. The highest BCUT2D eigenvalue weighted by atomic mass is 19.1. The Hall–Kier alpha value is -2.40. The van der Waals surface area contributed by atoms with E-state index in [1.807, 2.05) is 42.0 Å². The first kappa shape index (κ1) is 15.1. The maximum Gasteiger partial charge on any atom is 0.340 e. The summed E-state index contributed by atoms with van der Waals surface area (Å²) in [5.41, 5.74) is 4.01. The summed E-state index contributed by atoms with van der Waals surface area (Å²) in [5, 5.41) is 3.92. The van der Waals surface area contributed by atoms with Gasteiger partial charge in [0.1, 0.15) is 12.0 Å². The second-order valence-electron chi connectivity index (χ2n) is 6.46. The van der Waals surface area contributed by atoms with Crippen molar-refractivity contribution >= 4 is 11.7 Å². The predicted octanol–water partition coefficient (Wildman–Crippen LogP) is 4.00. The van der Waals surface area contributed by atoms with Gasteiger partial charge in [-0.25, -0.2) is 9.18 Å². The number of nitrogens with zero attached hydrogens (tertiary/aromatic N) is 3. The molecule has 0 aliphatic carbocycles. The second-order valence-corrected chi connectivity index (χ2v) is 6.46. The van der Waals surface area contributed by atoms with E-state index in [-0.39, 0.29) is 18.0 Å². The van der Waals surface area contributed by atoms with Crippen LogP contribution in [0, 0.1) is 19.7 Å². The number of hydrogen-bond acceptors (Lipinski definition) is 2. The van der Waals surface area contributed by atoms with E-state index in [0.29, 0.717) is 0 Å². The number of carbonyl (C=O) groups excluding carboxylic acids is 1. The molecule has 2 amide bonds. The lowest BCUT2D eigenvalue weighted by Crippen LogP contribution is -2.33. The summed E-state index contributed by atoms with van der Waals surface area (Å²) in [5.74, 6) is -0.264. The van der Waals surface area contributed by atoms with Gasteiger partial charge in [-0.05, 0) is 49.1 Å². The van der Waals surface area contributed by atoms with Crippen molar-refractivity contribution in [1.29, 1.82) is 0 Å². The van der Waals surface area contributed by atoms with Crippen LogP contribution < -0.4 is 4.90 Å². The van der Waals surface area contributed by atoms with E-state index < -0.39 is 0 Å². The molecule has 2 aromatic carbocycles. The number of para-hydroxylation sites is 1. The number of carbonyl (C=O) groups is 1. The van der Waals surface area contributed by atoms with Gasteiger partial charge in [0.2, 0.25) is 0 Å². The fourth-order valence-corrected chi connectivity index (χ4v) is 3.81. The van der Waals surface area contributed by atoms with Gasteiger partial charge in [-0.3, -0.25) is 9.91 Å². The quantitative estimate of drug-likeness (QED) is 0.834. The van der Waals surface area contributed by atoms with Crippen LogP contribution in [0.4, 0.5) is 14.9 Å². The molecular formula is C19H20FN3O. The first-order valence-electron chi connectivity index (χ1n) is 8.27. The van der Waals surface area contributed by atoms with E-state index in [1.54, 1.807) is 12.1 Å². The van der Waals surface area contributed by atoms with Crippen LogP contribution in [-0.2, 0) is 0 Å². The number of halogens is 1. The number of urea groups is 1. The van der Waals surface area contributed by atoms with E-state index >= 15 is 0 Å². The van der Waals surface area contributed by atoms with Crippen molar-refractivity contribution < 1.29 is 9.18 Å². The number of fused-ring (bicyclic) bond motifs is 1. The number of rotatable bonds is 2. The topological polar surface area (TPSA) is 26.8 Å². The zero-order valence-electron chi connectivity index (χ0n) is 13.9. The van der Waals surface area contributed by atoms with Crippen LogP contribution in [0.15, 0.2) is 42.5 Å².